The van der Waals surface area contributed by atoms with Crippen LogP contribution in [0.1, 0.15) is 37.7 Å². The SMILES string of the molecule is Cc1ccn2c(CC(C)(C)C)c(C)nc2c1. The van der Waals surface area contributed by atoms with E-state index in [1.165, 1.54) is 11.3 Å². The van der Waals surface area contributed by atoms with Gasteiger partial charge >= 0.3 is 0 Å². The molecule has 0 aromatic carbocycles. The fourth-order valence-electron chi connectivity index (χ4n) is 2.03. The monoisotopic (exact) mass is 216 g/mol. The van der Waals surface area contributed by atoms with Crippen molar-refractivity contribution < 1.29 is 0 Å². The maximum atomic E-state index is 4.62. The summed E-state index contributed by atoms with van der Waals surface area (Å²) in [4.78, 5) is 4.62. The lowest BCUT2D eigenvalue weighted by Crippen LogP contribution is -2.11. The Morgan fingerprint density at radius 1 is 1.25 bits per heavy atom. The largest absolute Gasteiger partial charge is 0.304 e. The first-order chi connectivity index (χ1) is 7.37. The number of rotatable bonds is 1. The van der Waals surface area contributed by atoms with Crippen LogP contribution >= 0.6 is 0 Å². The zero-order chi connectivity index (χ0) is 11.9. The van der Waals surface area contributed by atoms with Gasteiger partial charge in [0.05, 0.1) is 5.69 Å². The fourth-order valence-corrected chi connectivity index (χ4v) is 2.03. The number of nitrogens with zero attached hydrogens (tertiary/aromatic N) is 2. The van der Waals surface area contributed by atoms with E-state index in [-0.39, 0.29) is 0 Å². The molecule has 0 radical (unpaired) electrons. The van der Waals surface area contributed by atoms with Crippen LogP contribution in [-0.4, -0.2) is 9.38 Å². The topological polar surface area (TPSA) is 17.3 Å². The van der Waals surface area contributed by atoms with Crippen molar-refractivity contribution in [3.63, 3.8) is 0 Å². The minimum absolute atomic E-state index is 0.297. The first-order valence-corrected chi connectivity index (χ1v) is 5.81. The van der Waals surface area contributed by atoms with E-state index in [9.17, 15) is 0 Å². The lowest BCUT2D eigenvalue weighted by atomic mass is 9.90. The molecule has 2 heteroatoms. The van der Waals surface area contributed by atoms with E-state index in [1.807, 2.05) is 0 Å². The first-order valence-electron chi connectivity index (χ1n) is 5.81. The van der Waals surface area contributed by atoms with Crippen LogP contribution in [0.4, 0.5) is 0 Å². The van der Waals surface area contributed by atoms with Gasteiger partial charge in [-0.3, -0.25) is 0 Å². The van der Waals surface area contributed by atoms with E-state index in [2.05, 4.69) is 62.3 Å². The molecule has 0 aliphatic rings. The molecule has 0 N–H and O–H groups in total. The molecule has 0 saturated carbocycles. The summed E-state index contributed by atoms with van der Waals surface area (Å²) < 4.78 is 2.22. The van der Waals surface area contributed by atoms with Gasteiger partial charge in [0, 0.05) is 11.9 Å². The molecule has 2 aromatic heterocycles. The summed E-state index contributed by atoms with van der Waals surface area (Å²) in [5.41, 5.74) is 5.12. The molecule has 0 unspecified atom stereocenters. The molecule has 16 heavy (non-hydrogen) atoms. The molecular weight excluding hydrogens is 196 g/mol. The number of pyridine rings is 1. The summed E-state index contributed by atoms with van der Waals surface area (Å²) in [5.74, 6) is 0. The van der Waals surface area contributed by atoms with Gasteiger partial charge in [-0.15, -0.1) is 0 Å². The molecule has 0 bridgehead atoms. The minimum atomic E-state index is 0.297. The van der Waals surface area contributed by atoms with Crippen LogP contribution in [0.15, 0.2) is 18.3 Å². The van der Waals surface area contributed by atoms with Crippen molar-refractivity contribution in [3.05, 3.63) is 35.3 Å². The molecule has 0 amide bonds. The van der Waals surface area contributed by atoms with Crippen LogP contribution < -0.4 is 0 Å². The van der Waals surface area contributed by atoms with Crippen molar-refractivity contribution in [3.8, 4) is 0 Å². The first kappa shape index (κ1) is 11.2. The summed E-state index contributed by atoms with van der Waals surface area (Å²) in [6, 6.07) is 4.28. The van der Waals surface area contributed by atoms with E-state index >= 15 is 0 Å². The smallest absolute Gasteiger partial charge is 0.137 e. The second kappa shape index (κ2) is 3.62. The fraction of sp³-hybridized carbons (Fsp3) is 0.500. The van der Waals surface area contributed by atoms with Gasteiger partial charge in [0.15, 0.2) is 0 Å². The zero-order valence-corrected chi connectivity index (χ0v) is 10.8. The van der Waals surface area contributed by atoms with Gasteiger partial charge in [-0.2, -0.15) is 0 Å². The number of hydrogen-bond acceptors (Lipinski definition) is 1. The van der Waals surface area contributed by atoms with E-state index in [0.717, 1.165) is 17.8 Å². The van der Waals surface area contributed by atoms with Crippen LogP contribution in [0.2, 0.25) is 0 Å². The molecule has 0 atom stereocenters. The van der Waals surface area contributed by atoms with Crippen molar-refractivity contribution in [2.75, 3.05) is 0 Å². The van der Waals surface area contributed by atoms with Crippen molar-refractivity contribution in [1.29, 1.82) is 0 Å². The van der Waals surface area contributed by atoms with E-state index in [1.54, 1.807) is 0 Å². The number of aromatic nitrogens is 2. The van der Waals surface area contributed by atoms with Crippen LogP contribution in [0.5, 0.6) is 0 Å². The summed E-state index contributed by atoms with van der Waals surface area (Å²) in [5, 5.41) is 0. The maximum Gasteiger partial charge on any atom is 0.137 e. The third-order valence-electron chi connectivity index (χ3n) is 2.78. The van der Waals surface area contributed by atoms with Crippen LogP contribution in [0.3, 0.4) is 0 Å². The zero-order valence-electron chi connectivity index (χ0n) is 10.8. The highest BCUT2D eigenvalue weighted by molar-refractivity contribution is 5.45. The number of fused-ring (bicyclic) bond motifs is 1. The van der Waals surface area contributed by atoms with Crippen molar-refractivity contribution in [2.45, 2.75) is 41.0 Å². The lowest BCUT2D eigenvalue weighted by molar-refractivity contribution is 0.404. The Bertz CT molecular complexity index is 515. The summed E-state index contributed by atoms with van der Waals surface area (Å²) in [7, 11) is 0. The Labute approximate surface area is 97.3 Å². The average molecular weight is 216 g/mol. The summed E-state index contributed by atoms with van der Waals surface area (Å²) in [6.45, 7) is 11.0. The van der Waals surface area contributed by atoms with Gasteiger partial charge in [0.1, 0.15) is 5.65 Å². The van der Waals surface area contributed by atoms with E-state index in [0.29, 0.717) is 5.41 Å². The molecule has 0 aliphatic heterocycles. The summed E-state index contributed by atoms with van der Waals surface area (Å²) >= 11 is 0. The highest BCUT2D eigenvalue weighted by atomic mass is 15.0. The minimum Gasteiger partial charge on any atom is -0.304 e. The van der Waals surface area contributed by atoms with Crippen LogP contribution in [-0.2, 0) is 6.42 Å². The Morgan fingerprint density at radius 3 is 2.56 bits per heavy atom. The Hall–Kier alpha value is -1.31. The molecular formula is C14H20N2. The van der Waals surface area contributed by atoms with Gasteiger partial charge in [-0.1, -0.05) is 20.8 Å². The molecule has 86 valence electrons. The van der Waals surface area contributed by atoms with Gasteiger partial charge in [-0.25, -0.2) is 4.98 Å². The predicted molar refractivity (Wildman–Crippen MR) is 67.8 cm³/mol. The third kappa shape index (κ3) is 2.11. The summed E-state index contributed by atoms with van der Waals surface area (Å²) in [6.07, 6.45) is 3.19. The van der Waals surface area contributed by atoms with Crippen molar-refractivity contribution >= 4 is 5.65 Å². The third-order valence-corrected chi connectivity index (χ3v) is 2.78. The molecule has 0 aliphatic carbocycles. The molecule has 2 heterocycles. The predicted octanol–water partition coefficient (Wildman–Crippen LogP) is 3.54. The van der Waals surface area contributed by atoms with Crippen LogP contribution in [0, 0.1) is 19.3 Å². The lowest BCUT2D eigenvalue weighted by Gasteiger charge is -2.18. The number of imidazole rings is 1. The highest BCUT2D eigenvalue weighted by Crippen LogP contribution is 2.23. The Balaban J connectivity index is 2.56. The van der Waals surface area contributed by atoms with Gasteiger partial charge < -0.3 is 4.40 Å². The quantitative estimate of drug-likeness (QED) is 0.712. The van der Waals surface area contributed by atoms with E-state index < -0.39 is 0 Å². The molecule has 2 aromatic rings. The highest BCUT2D eigenvalue weighted by Gasteiger charge is 2.17. The van der Waals surface area contributed by atoms with E-state index in [4.69, 9.17) is 0 Å². The second-order valence-electron chi connectivity index (χ2n) is 5.81. The van der Waals surface area contributed by atoms with Crippen molar-refractivity contribution in [2.24, 2.45) is 5.41 Å². The maximum absolute atomic E-state index is 4.62. The standard InChI is InChI=1S/C14H20N2/c1-10-6-7-16-12(9-14(3,4)5)11(2)15-13(16)8-10/h6-8H,9H2,1-5H3. The number of hydrogen-bond donors (Lipinski definition) is 0. The van der Waals surface area contributed by atoms with Gasteiger partial charge in [0.2, 0.25) is 0 Å². The second-order valence-corrected chi connectivity index (χ2v) is 5.81. The molecule has 0 fully saturated rings. The van der Waals surface area contributed by atoms with Gasteiger partial charge in [0.25, 0.3) is 0 Å². The van der Waals surface area contributed by atoms with Crippen LogP contribution in [0.25, 0.3) is 5.65 Å². The van der Waals surface area contributed by atoms with Crippen molar-refractivity contribution in [1.82, 2.24) is 9.38 Å². The average Bonchev–Trinajstić information content (AvgIpc) is 2.40. The Kier molecular flexibility index (Phi) is 2.53. The van der Waals surface area contributed by atoms with Gasteiger partial charge in [-0.05, 0) is 43.4 Å². The molecule has 0 saturated heterocycles. The number of aryl methyl sites for hydroxylation is 2. The molecule has 2 nitrogen and oxygen atoms in total. The molecule has 2 rings (SSSR count). The Morgan fingerprint density at radius 2 is 1.94 bits per heavy atom. The normalized spacial score (nSPS) is 12.3. The molecule has 0 spiro atoms.